The summed E-state index contributed by atoms with van der Waals surface area (Å²) in [5, 5.41) is 9.23. The average molecular weight is 368 g/mol. The van der Waals surface area contributed by atoms with Crippen LogP contribution >= 0.6 is 0 Å². The first kappa shape index (κ1) is 20.3. The van der Waals surface area contributed by atoms with Gasteiger partial charge >= 0.3 is 0 Å². The summed E-state index contributed by atoms with van der Waals surface area (Å²) in [5.74, 6) is 1.45. The summed E-state index contributed by atoms with van der Waals surface area (Å²) in [6.45, 7) is 6.27. The highest BCUT2D eigenvalue weighted by molar-refractivity contribution is 5.94. The van der Waals surface area contributed by atoms with Crippen molar-refractivity contribution in [1.29, 1.82) is 0 Å². The van der Waals surface area contributed by atoms with Gasteiger partial charge in [-0.2, -0.15) is 0 Å². The van der Waals surface area contributed by atoms with Gasteiger partial charge in [-0.15, -0.1) is 0 Å². The van der Waals surface area contributed by atoms with Crippen molar-refractivity contribution < 1.29 is 9.53 Å². The van der Waals surface area contributed by atoms with E-state index in [1.165, 1.54) is 5.56 Å². The molecule has 0 spiro atoms. The zero-order valence-corrected chi connectivity index (χ0v) is 16.2. The molecule has 2 aromatic carbocycles. The standard InChI is InChI=1S/C21H28N4O2/c1-16-7-9-19(10-8-16)27-14-13-25-21(22-3)24-12-11-23-20(26)18-6-4-5-17(2)15-18/h4-10,15H,11-14H2,1-3H3,(H,23,26)(H2,22,24,25). The maximum Gasteiger partial charge on any atom is 0.251 e. The number of rotatable bonds is 8. The molecule has 0 aliphatic rings. The fourth-order valence-corrected chi connectivity index (χ4v) is 2.44. The molecule has 27 heavy (non-hydrogen) atoms. The summed E-state index contributed by atoms with van der Waals surface area (Å²) in [7, 11) is 1.71. The Morgan fingerprint density at radius 1 is 0.926 bits per heavy atom. The van der Waals surface area contributed by atoms with Gasteiger partial charge in [0, 0.05) is 25.7 Å². The van der Waals surface area contributed by atoms with Crippen LogP contribution in [0.4, 0.5) is 0 Å². The highest BCUT2D eigenvalue weighted by Gasteiger charge is 2.04. The zero-order valence-electron chi connectivity index (χ0n) is 16.2. The molecule has 0 bridgehead atoms. The third-order valence-electron chi connectivity index (χ3n) is 3.89. The Bertz CT molecular complexity index is 757. The Morgan fingerprint density at radius 3 is 2.33 bits per heavy atom. The molecule has 0 saturated heterocycles. The molecule has 0 radical (unpaired) electrons. The van der Waals surface area contributed by atoms with Gasteiger partial charge in [-0.25, -0.2) is 0 Å². The van der Waals surface area contributed by atoms with E-state index in [9.17, 15) is 4.79 Å². The molecule has 0 aliphatic carbocycles. The normalized spacial score (nSPS) is 11.0. The largest absolute Gasteiger partial charge is 0.492 e. The summed E-state index contributed by atoms with van der Waals surface area (Å²) in [6.07, 6.45) is 0. The highest BCUT2D eigenvalue weighted by atomic mass is 16.5. The van der Waals surface area contributed by atoms with Gasteiger partial charge < -0.3 is 20.7 Å². The molecule has 1 amide bonds. The van der Waals surface area contributed by atoms with Crippen molar-refractivity contribution in [3.63, 3.8) is 0 Å². The van der Waals surface area contributed by atoms with E-state index in [0.717, 1.165) is 11.3 Å². The lowest BCUT2D eigenvalue weighted by Crippen LogP contribution is -2.42. The topological polar surface area (TPSA) is 74.8 Å². The number of carbonyl (C=O) groups is 1. The lowest BCUT2D eigenvalue weighted by atomic mass is 10.1. The van der Waals surface area contributed by atoms with Crippen molar-refractivity contribution in [3.8, 4) is 5.75 Å². The number of nitrogens with zero attached hydrogens (tertiary/aromatic N) is 1. The Labute approximate surface area is 161 Å². The first-order chi connectivity index (χ1) is 13.1. The van der Waals surface area contributed by atoms with Crippen LogP contribution in [-0.4, -0.2) is 45.2 Å². The third-order valence-corrected chi connectivity index (χ3v) is 3.89. The minimum atomic E-state index is -0.0741. The Balaban J connectivity index is 1.61. The van der Waals surface area contributed by atoms with Gasteiger partial charge in [-0.1, -0.05) is 35.4 Å². The predicted octanol–water partition coefficient (Wildman–Crippen LogP) is 2.28. The molecule has 6 nitrogen and oxygen atoms in total. The second-order valence-corrected chi connectivity index (χ2v) is 6.21. The van der Waals surface area contributed by atoms with Crippen molar-refractivity contribution >= 4 is 11.9 Å². The van der Waals surface area contributed by atoms with Gasteiger partial charge in [0.05, 0.1) is 6.54 Å². The van der Waals surface area contributed by atoms with Crippen molar-refractivity contribution in [2.24, 2.45) is 4.99 Å². The first-order valence-electron chi connectivity index (χ1n) is 9.07. The van der Waals surface area contributed by atoms with Gasteiger partial charge in [0.1, 0.15) is 12.4 Å². The van der Waals surface area contributed by atoms with Crippen LogP contribution in [0.15, 0.2) is 53.5 Å². The number of hydrogen-bond donors (Lipinski definition) is 3. The molecule has 0 fully saturated rings. The van der Waals surface area contributed by atoms with Gasteiger partial charge in [-0.05, 0) is 38.1 Å². The summed E-state index contributed by atoms with van der Waals surface area (Å²) >= 11 is 0. The number of amides is 1. The predicted molar refractivity (Wildman–Crippen MR) is 110 cm³/mol. The van der Waals surface area contributed by atoms with Crippen LogP contribution in [0, 0.1) is 13.8 Å². The Kier molecular flexibility index (Phi) is 8.16. The minimum Gasteiger partial charge on any atom is -0.492 e. The molecule has 0 unspecified atom stereocenters. The van der Waals surface area contributed by atoms with Crippen molar-refractivity contribution in [2.75, 3.05) is 33.3 Å². The zero-order chi connectivity index (χ0) is 19.5. The van der Waals surface area contributed by atoms with E-state index in [1.807, 2.05) is 62.4 Å². The van der Waals surface area contributed by atoms with E-state index < -0.39 is 0 Å². The molecule has 3 N–H and O–H groups in total. The number of hydrogen-bond acceptors (Lipinski definition) is 3. The summed E-state index contributed by atoms with van der Waals surface area (Å²) in [4.78, 5) is 16.2. The maximum absolute atomic E-state index is 12.1. The minimum absolute atomic E-state index is 0.0741. The van der Waals surface area contributed by atoms with Crippen LogP contribution in [0.25, 0.3) is 0 Å². The Morgan fingerprint density at radius 2 is 1.63 bits per heavy atom. The number of aryl methyl sites for hydroxylation is 2. The van der Waals surface area contributed by atoms with Gasteiger partial charge in [0.25, 0.3) is 5.91 Å². The molecule has 6 heteroatoms. The highest BCUT2D eigenvalue weighted by Crippen LogP contribution is 2.10. The van der Waals surface area contributed by atoms with Crippen LogP contribution in [0.5, 0.6) is 5.75 Å². The van der Waals surface area contributed by atoms with Crippen LogP contribution in [-0.2, 0) is 0 Å². The lowest BCUT2D eigenvalue weighted by Gasteiger charge is -2.13. The number of nitrogens with one attached hydrogen (secondary N) is 3. The monoisotopic (exact) mass is 368 g/mol. The van der Waals surface area contributed by atoms with E-state index in [4.69, 9.17) is 4.74 Å². The molecule has 0 saturated carbocycles. The fraction of sp³-hybridized carbons (Fsp3) is 0.333. The first-order valence-corrected chi connectivity index (χ1v) is 9.07. The second-order valence-electron chi connectivity index (χ2n) is 6.21. The van der Waals surface area contributed by atoms with Gasteiger partial charge in [0.2, 0.25) is 0 Å². The van der Waals surface area contributed by atoms with Gasteiger partial charge in [0.15, 0.2) is 5.96 Å². The molecule has 144 valence electrons. The van der Waals surface area contributed by atoms with E-state index >= 15 is 0 Å². The molecule has 0 aliphatic heterocycles. The SMILES string of the molecule is CN=C(NCCNC(=O)c1cccc(C)c1)NCCOc1ccc(C)cc1. The van der Waals surface area contributed by atoms with E-state index in [1.54, 1.807) is 7.05 Å². The summed E-state index contributed by atoms with van der Waals surface area (Å²) < 4.78 is 5.67. The number of benzene rings is 2. The van der Waals surface area contributed by atoms with Crippen molar-refractivity contribution in [1.82, 2.24) is 16.0 Å². The van der Waals surface area contributed by atoms with Crippen LogP contribution < -0.4 is 20.7 Å². The smallest absolute Gasteiger partial charge is 0.251 e. The molecular formula is C21H28N4O2. The van der Waals surface area contributed by atoms with Crippen molar-refractivity contribution in [3.05, 3.63) is 65.2 Å². The lowest BCUT2D eigenvalue weighted by molar-refractivity contribution is 0.0954. The van der Waals surface area contributed by atoms with E-state index in [-0.39, 0.29) is 5.91 Å². The molecule has 0 aromatic heterocycles. The third kappa shape index (κ3) is 7.40. The maximum atomic E-state index is 12.1. The summed E-state index contributed by atoms with van der Waals surface area (Å²) in [5.41, 5.74) is 2.95. The fourth-order valence-electron chi connectivity index (χ4n) is 2.44. The van der Waals surface area contributed by atoms with Crippen molar-refractivity contribution in [2.45, 2.75) is 13.8 Å². The molecular weight excluding hydrogens is 340 g/mol. The Hall–Kier alpha value is -3.02. The van der Waals surface area contributed by atoms with E-state index in [0.29, 0.717) is 37.8 Å². The number of guanidine groups is 1. The second kappa shape index (κ2) is 10.9. The average Bonchev–Trinajstić information content (AvgIpc) is 2.68. The van der Waals surface area contributed by atoms with Gasteiger partial charge in [-0.3, -0.25) is 9.79 Å². The quantitative estimate of drug-likeness (QED) is 0.380. The van der Waals surface area contributed by atoms with Crippen LogP contribution in [0.1, 0.15) is 21.5 Å². The molecule has 0 heterocycles. The van der Waals surface area contributed by atoms with E-state index in [2.05, 4.69) is 20.9 Å². The van der Waals surface area contributed by atoms with Crippen LogP contribution in [0.3, 0.4) is 0 Å². The summed E-state index contributed by atoms with van der Waals surface area (Å²) in [6, 6.07) is 15.5. The number of carbonyl (C=O) groups excluding carboxylic acids is 1. The van der Waals surface area contributed by atoms with Crippen LogP contribution in [0.2, 0.25) is 0 Å². The number of aliphatic imine (C=N–C) groups is 1. The molecule has 2 aromatic rings. The molecule has 2 rings (SSSR count). The number of ether oxygens (including phenoxy) is 1. The molecule has 0 atom stereocenters.